The van der Waals surface area contributed by atoms with Gasteiger partial charge in [-0.2, -0.15) is 0 Å². The highest BCUT2D eigenvalue weighted by Gasteiger charge is 2.17. The van der Waals surface area contributed by atoms with Crippen LogP contribution in [0.2, 0.25) is 5.02 Å². The number of nitrogens with two attached hydrogens (primary N) is 1. The summed E-state index contributed by atoms with van der Waals surface area (Å²) in [5.74, 6) is 0. The monoisotopic (exact) mass is 349 g/mol. The van der Waals surface area contributed by atoms with Gasteiger partial charge >= 0.3 is 19.8 Å². The van der Waals surface area contributed by atoms with Crippen molar-refractivity contribution in [3.63, 3.8) is 0 Å². The Labute approximate surface area is 92.4 Å². The van der Waals surface area contributed by atoms with Gasteiger partial charge < -0.3 is 0 Å². The topological polar surface area (TPSA) is 94.3 Å². The molecule has 78 valence electrons. The van der Waals surface area contributed by atoms with Gasteiger partial charge in [0.05, 0.1) is 3.57 Å². The zero-order valence-corrected chi connectivity index (χ0v) is 10.3. The van der Waals surface area contributed by atoms with Crippen LogP contribution in [0.25, 0.3) is 0 Å². The summed E-state index contributed by atoms with van der Waals surface area (Å²) in [5.41, 5.74) is 0. The minimum atomic E-state index is -4.05. The maximum absolute atomic E-state index is 11.0. The fraction of sp³-hybridized carbons (Fsp3) is 0. The van der Waals surface area contributed by atoms with Gasteiger partial charge in [0.2, 0.25) is 10.0 Å². The van der Waals surface area contributed by atoms with Crippen LogP contribution in [0.4, 0.5) is 0 Å². The predicted octanol–water partition coefficient (Wildman–Crippen LogP) is 1.35. The van der Waals surface area contributed by atoms with Gasteiger partial charge in [0, 0.05) is 5.02 Å². The number of hydrogen-bond donors (Lipinski definition) is 1. The Morgan fingerprint density at radius 2 is 1.86 bits per heavy atom. The van der Waals surface area contributed by atoms with Crippen molar-refractivity contribution in [3.05, 3.63) is 26.8 Å². The van der Waals surface area contributed by atoms with Gasteiger partial charge in [-0.1, -0.05) is 11.6 Å². The molecule has 0 fully saturated rings. The van der Waals surface area contributed by atoms with Crippen LogP contribution in [0.1, 0.15) is 0 Å². The lowest BCUT2D eigenvalue weighted by Gasteiger charge is -2.00. The third-order valence-electron chi connectivity index (χ3n) is 1.37. The Morgan fingerprint density at radius 3 is 2.29 bits per heavy atom. The molecule has 8 heteroatoms. The SMILES string of the molecule is NS(=O)(=O)c1cc(Cl)ccc1I(=O)=O. The van der Waals surface area contributed by atoms with Crippen LogP contribution in [-0.4, -0.2) is 8.42 Å². The molecule has 0 bridgehead atoms. The highest BCUT2D eigenvalue weighted by Crippen LogP contribution is 2.27. The highest BCUT2D eigenvalue weighted by molar-refractivity contribution is 14.2. The summed E-state index contributed by atoms with van der Waals surface area (Å²) in [5, 5.41) is 4.95. The molecule has 0 aromatic heterocycles. The molecule has 0 atom stereocenters. The van der Waals surface area contributed by atoms with Gasteiger partial charge in [0.1, 0.15) is 4.90 Å². The van der Waals surface area contributed by atoms with Crippen molar-refractivity contribution >= 4 is 41.4 Å². The molecule has 14 heavy (non-hydrogen) atoms. The maximum Gasteiger partial charge on any atom is 0.342 e. The van der Waals surface area contributed by atoms with Crippen molar-refractivity contribution in [2.45, 2.75) is 4.90 Å². The molecule has 0 aliphatic rings. The minimum absolute atomic E-state index is 0.121. The van der Waals surface area contributed by atoms with E-state index in [2.05, 4.69) is 0 Å². The van der Waals surface area contributed by atoms with E-state index in [9.17, 15) is 14.6 Å². The summed E-state index contributed by atoms with van der Waals surface area (Å²) in [4.78, 5) is -0.444. The molecule has 1 rings (SSSR count). The van der Waals surface area contributed by atoms with Gasteiger partial charge in [-0.3, -0.25) is 0 Å². The summed E-state index contributed by atoms with van der Waals surface area (Å²) in [6.45, 7) is 0. The summed E-state index contributed by atoms with van der Waals surface area (Å²) in [7, 11) is -4.05. The van der Waals surface area contributed by atoms with Crippen LogP contribution in [0, 0.1) is 3.57 Å². The highest BCUT2D eigenvalue weighted by atomic mass is 127. The van der Waals surface area contributed by atoms with E-state index in [1.54, 1.807) is 0 Å². The van der Waals surface area contributed by atoms with Crippen molar-refractivity contribution in [2.75, 3.05) is 0 Å². The van der Waals surface area contributed by atoms with Crippen LogP contribution >= 0.6 is 31.4 Å². The molecular weight excluding hydrogens is 344 g/mol. The van der Waals surface area contributed by atoms with E-state index in [1.807, 2.05) is 0 Å². The number of hydrogen-bond acceptors (Lipinski definition) is 4. The fourth-order valence-corrected chi connectivity index (χ4v) is 4.10. The zero-order valence-electron chi connectivity index (χ0n) is 6.61. The molecule has 0 unspecified atom stereocenters. The molecular formula is C6H5ClINO4S. The van der Waals surface area contributed by atoms with Crippen LogP contribution < -0.4 is 5.14 Å². The van der Waals surface area contributed by atoms with Gasteiger partial charge in [0.25, 0.3) is 0 Å². The molecule has 0 saturated carbocycles. The average Bonchev–Trinajstić information content (AvgIpc) is 2.01. The van der Waals surface area contributed by atoms with Crippen LogP contribution in [-0.2, 0) is 16.2 Å². The summed E-state index contributed by atoms with van der Waals surface area (Å²) in [6.07, 6.45) is 0. The number of benzene rings is 1. The first kappa shape index (κ1) is 11.8. The van der Waals surface area contributed by atoms with Crippen LogP contribution in [0.3, 0.4) is 0 Å². The normalized spacial score (nSPS) is 11.9. The molecule has 0 heterocycles. The van der Waals surface area contributed by atoms with E-state index in [-0.39, 0.29) is 8.59 Å². The Kier molecular flexibility index (Phi) is 3.45. The second-order valence-electron chi connectivity index (χ2n) is 2.34. The maximum atomic E-state index is 11.0. The molecule has 0 aliphatic carbocycles. The van der Waals surface area contributed by atoms with Gasteiger partial charge in [0.15, 0.2) is 0 Å². The Hall–Kier alpha value is -0.250. The van der Waals surface area contributed by atoms with Crippen molar-refractivity contribution in [2.24, 2.45) is 5.14 Å². The first-order chi connectivity index (χ1) is 6.32. The van der Waals surface area contributed by atoms with E-state index in [0.717, 1.165) is 12.1 Å². The Bertz CT molecular complexity index is 529. The molecule has 0 spiro atoms. The molecule has 5 nitrogen and oxygen atoms in total. The van der Waals surface area contributed by atoms with Crippen LogP contribution in [0.15, 0.2) is 23.1 Å². The fourth-order valence-electron chi connectivity index (χ4n) is 0.823. The smallest absolute Gasteiger partial charge is 0.230 e. The standard InChI is InChI=1S/C6H5ClINO4S/c7-4-1-2-5(8(10)11)6(3-4)14(9,12)13/h1-3H,(H2,9,12,13). The van der Waals surface area contributed by atoms with Crippen molar-refractivity contribution < 1.29 is 14.6 Å². The van der Waals surface area contributed by atoms with E-state index in [1.165, 1.54) is 6.07 Å². The second-order valence-corrected chi connectivity index (χ2v) is 6.71. The first-order valence-corrected chi connectivity index (χ1v) is 7.96. The van der Waals surface area contributed by atoms with Gasteiger partial charge in [-0.25, -0.2) is 19.7 Å². The third kappa shape index (κ3) is 2.62. The third-order valence-corrected chi connectivity index (χ3v) is 4.81. The Morgan fingerprint density at radius 1 is 1.29 bits per heavy atom. The first-order valence-electron chi connectivity index (χ1n) is 3.20. The number of halogens is 2. The van der Waals surface area contributed by atoms with Gasteiger partial charge in [-0.05, 0) is 18.2 Å². The number of sulfonamides is 1. The number of rotatable bonds is 2. The average molecular weight is 350 g/mol. The van der Waals surface area contributed by atoms with Crippen molar-refractivity contribution in [1.29, 1.82) is 0 Å². The number of primary sulfonamides is 1. The summed E-state index contributed by atoms with van der Waals surface area (Å²) < 4.78 is 43.2. The largest absolute Gasteiger partial charge is 0.342 e. The van der Waals surface area contributed by atoms with Crippen molar-refractivity contribution in [3.8, 4) is 0 Å². The molecule has 1 aromatic rings. The Balaban J connectivity index is 3.62. The van der Waals surface area contributed by atoms with Crippen LogP contribution in [0.5, 0.6) is 0 Å². The van der Waals surface area contributed by atoms with E-state index >= 15 is 0 Å². The summed E-state index contributed by atoms with van der Waals surface area (Å²) >= 11 is 1.65. The van der Waals surface area contributed by atoms with E-state index < -0.39 is 34.7 Å². The lowest BCUT2D eigenvalue weighted by Crippen LogP contribution is -2.13. The van der Waals surface area contributed by atoms with Crippen molar-refractivity contribution in [1.82, 2.24) is 0 Å². The molecule has 2 N–H and O–H groups in total. The molecule has 1 aromatic carbocycles. The second kappa shape index (κ2) is 4.09. The molecule has 0 radical (unpaired) electrons. The molecule has 0 amide bonds. The van der Waals surface area contributed by atoms with Gasteiger partial charge in [-0.15, -0.1) is 0 Å². The lowest BCUT2D eigenvalue weighted by atomic mass is 10.4. The molecule has 0 saturated heterocycles. The quantitative estimate of drug-likeness (QED) is 0.816. The van der Waals surface area contributed by atoms with E-state index in [0.29, 0.717) is 0 Å². The summed E-state index contributed by atoms with van der Waals surface area (Å²) in [6, 6.07) is 3.45. The lowest BCUT2D eigenvalue weighted by molar-refractivity contribution is 0.595. The minimum Gasteiger partial charge on any atom is -0.230 e. The van der Waals surface area contributed by atoms with E-state index in [4.69, 9.17) is 16.7 Å². The predicted molar refractivity (Wildman–Crippen MR) is 56.9 cm³/mol. The molecule has 0 aliphatic heterocycles. The zero-order chi connectivity index (χ0) is 10.9.